The number of likely N-dealkylation sites (tertiary alicyclic amines) is 2. The molecule has 1 N–H and O–H groups in total. The van der Waals surface area contributed by atoms with Gasteiger partial charge in [0, 0.05) is 37.8 Å². The van der Waals surface area contributed by atoms with Crippen LogP contribution in [0.5, 0.6) is 5.75 Å². The molecular weight excluding hydrogens is 450 g/mol. The van der Waals surface area contributed by atoms with Gasteiger partial charge in [-0.2, -0.15) is 0 Å². The van der Waals surface area contributed by atoms with E-state index >= 15 is 0 Å². The average Bonchev–Trinajstić information content (AvgIpc) is 3.53. The van der Waals surface area contributed by atoms with Crippen LogP contribution in [0.1, 0.15) is 41.4 Å². The molecule has 7 nitrogen and oxygen atoms in total. The number of piperidine rings is 1. The molecule has 0 atom stereocenters. The zero-order chi connectivity index (χ0) is 24.0. The first-order valence-corrected chi connectivity index (χ1v) is 12.7. The van der Waals surface area contributed by atoms with E-state index in [-0.39, 0.29) is 29.7 Å². The summed E-state index contributed by atoms with van der Waals surface area (Å²) in [6.07, 6.45) is 6.15. The number of ether oxygens (including phenoxy) is 1. The molecule has 8 heteroatoms. The van der Waals surface area contributed by atoms with Crippen molar-refractivity contribution in [2.75, 3.05) is 39.3 Å². The van der Waals surface area contributed by atoms with Gasteiger partial charge in [-0.1, -0.05) is 24.3 Å². The number of hydrogen-bond acceptors (Lipinski definition) is 5. The Hall–Kier alpha value is -3.13. The first-order valence-electron chi connectivity index (χ1n) is 11.8. The average molecular weight is 482 g/mol. The maximum atomic E-state index is 12.8. The molecule has 2 aromatic rings. The SMILES string of the molecule is CCOc1ccccc1C=CC(=O)N1CCC2(CC1)CCN(C(=O)CNC(=O)c1cccs1)C2. The quantitative estimate of drug-likeness (QED) is 0.615. The number of carbonyl (C=O) groups is 3. The van der Waals surface area contributed by atoms with Gasteiger partial charge in [0.25, 0.3) is 5.91 Å². The van der Waals surface area contributed by atoms with Crippen molar-refractivity contribution in [2.24, 2.45) is 5.41 Å². The van der Waals surface area contributed by atoms with Crippen LogP contribution in [-0.4, -0.2) is 66.9 Å². The van der Waals surface area contributed by atoms with Crippen LogP contribution in [0.4, 0.5) is 0 Å². The van der Waals surface area contributed by atoms with Crippen molar-refractivity contribution in [3.63, 3.8) is 0 Å². The number of rotatable bonds is 7. The van der Waals surface area contributed by atoms with Crippen molar-refractivity contribution < 1.29 is 19.1 Å². The molecule has 2 aliphatic rings. The second-order valence-corrected chi connectivity index (χ2v) is 9.80. The molecule has 0 radical (unpaired) electrons. The lowest BCUT2D eigenvalue weighted by Gasteiger charge is -2.39. The molecule has 1 aromatic carbocycles. The molecule has 3 amide bonds. The molecule has 0 unspecified atom stereocenters. The van der Waals surface area contributed by atoms with Gasteiger partial charge in [-0.15, -0.1) is 11.3 Å². The van der Waals surface area contributed by atoms with Gasteiger partial charge in [0.15, 0.2) is 0 Å². The Morgan fingerprint density at radius 1 is 1.06 bits per heavy atom. The van der Waals surface area contributed by atoms with Crippen LogP contribution in [0.3, 0.4) is 0 Å². The molecule has 2 fully saturated rings. The lowest BCUT2D eigenvalue weighted by atomic mass is 9.78. The van der Waals surface area contributed by atoms with Crippen LogP contribution in [0, 0.1) is 5.41 Å². The number of hydrogen-bond donors (Lipinski definition) is 1. The highest BCUT2D eigenvalue weighted by atomic mass is 32.1. The van der Waals surface area contributed by atoms with Gasteiger partial charge in [-0.05, 0) is 55.2 Å². The van der Waals surface area contributed by atoms with Crippen molar-refractivity contribution in [3.05, 3.63) is 58.3 Å². The van der Waals surface area contributed by atoms with Crippen molar-refractivity contribution in [1.29, 1.82) is 0 Å². The highest BCUT2D eigenvalue weighted by Crippen LogP contribution is 2.40. The Balaban J connectivity index is 1.25. The number of thiophene rings is 1. The molecular formula is C26H31N3O4S. The van der Waals surface area contributed by atoms with Gasteiger partial charge < -0.3 is 19.9 Å². The summed E-state index contributed by atoms with van der Waals surface area (Å²) >= 11 is 1.36. The van der Waals surface area contributed by atoms with Gasteiger partial charge in [-0.25, -0.2) is 0 Å². The maximum absolute atomic E-state index is 12.8. The van der Waals surface area contributed by atoms with Crippen molar-refractivity contribution in [1.82, 2.24) is 15.1 Å². The highest BCUT2D eigenvalue weighted by Gasteiger charge is 2.42. The van der Waals surface area contributed by atoms with Crippen LogP contribution >= 0.6 is 11.3 Å². The highest BCUT2D eigenvalue weighted by molar-refractivity contribution is 7.12. The van der Waals surface area contributed by atoms with Gasteiger partial charge in [-0.3, -0.25) is 14.4 Å². The Labute approximate surface area is 204 Å². The second kappa shape index (κ2) is 10.9. The molecule has 0 aliphatic carbocycles. The van der Waals surface area contributed by atoms with E-state index in [9.17, 15) is 14.4 Å². The van der Waals surface area contributed by atoms with E-state index in [2.05, 4.69) is 5.32 Å². The molecule has 180 valence electrons. The molecule has 1 spiro atoms. The third-order valence-corrected chi connectivity index (χ3v) is 7.56. The molecule has 0 saturated carbocycles. The van der Waals surface area contributed by atoms with E-state index in [0.29, 0.717) is 37.7 Å². The predicted molar refractivity (Wildman–Crippen MR) is 133 cm³/mol. The molecule has 3 heterocycles. The monoisotopic (exact) mass is 481 g/mol. The first kappa shape index (κ1) is 24.0. The Morgan fingerprint density at radius 2 is 1.79 bits per heavy atom. The minimum atomic E-state index is -0.207. The maximum Gasteiger partial charge on any atom is 0.261 e. The molecule has 2 aliphatic heterocycles. The standard InChI is InChI=1S/C26H31N3O4S/c1-2-33-21-7-4-3-6-20(21)9-10-23(30)28-14-11-26(12-15-28)13-16-29(19-26)24(31)18-27-25(32)22-8-5-17-34-22/h3-10,17H,2,11-16,18-19H2,1H3,(H,27,32). The van der Waals surface area contributed by atoms with Crippen LogP contribution in [0.25, 0.3) is 6.08 Å². The lowest BCUT2D eigenvalue weighted by Crippen LogP contribution is -2.45. The summed E-state index contributed by atoms with van der Waals surface area (Å²) in [5.41, 5.74) is 0.956. The summed E-state index contributed by atoms with van der Waals surface area (Å²) in [5.74, 6) is 0.523. The van der Waals surface area contributed by atoms with E-state index in [1.165, 1.54) is 11.3 Å². The lowest BCUT2D eigenvalue weighted by molar-refractivity contribution is -0.131. The van der Waals surface area contributed by atoms with Crippen LogP contribution in [0.15, 0.2) is 47.9 Å². The fourth-order valence-corrected chi connectivity index (χ4v) is 5.33. The minimum absolute atomic E-state index is 0.00312. The van der Waals surface area contributed by atoms with Gasteiger partial charge >= 0.3 is 0 Å². The van der Waals surface area contributed by atoms with Crippen LogP contribution in [-0.2, 0) is 9.59 Å². The van der Waals surface area contributed by atoms with Crippen molar-refractivity contribution in [3.8, 4) is 5.75 Å². The summed E-state index contributed by atoms with van der Waals surface area (Å²) in [7, 11) is 0. The topological polar surface area (TPSA) is 79.0 Å². The van der Waals surface area contributed by atoms with Crippen LogP contribution < -0.4 is 10.1 Å². The Bertz CT molecular complexity index is 1040. The molecule has 0 bridgehead atoms. The number of nitrogens with zero attached hydrogens (tertiary/aromatic N) is 2. The summed E-state index contributed by atoms with van der Waals surface area (Å²) < 4.78 is 5.63. The third-order valence-electron chi connectivity index (χ3n) is 6.70. The minimum Gasteiger partial charge on any atom is -0.493 e. The van der Waals surface area contributed by atoms with E-state index < -0.39 is 0 Å². The molecule has 2 saturated heterocycles. The van der Waals surface area contributed by atoms with E-state index in [0.717, 1.165) is 30.6 Å². The zero-order valence-electron chi connectivity index (χ0n) is 19.5. The van der Waals surface area contributed by atoms with E-state index in [1.54, 1.807) is 12.1 Å². The predicted octanol–water partition coefficient (Wildman–Crippen LogP) is 3.43. The van der Waals surface area contributed by atoms with Crippen molar-refractivity contribution in [2.45, 2.75) is 26.2 Å². The van der Waals surface area contributed by atoms with Gasteiger partial charge in [0.1, 0.15) is 5.75 Å². The fourth-order valence-electron chi connectivity index (χ4n) is 4.69. The number of nitrogens with one attached hydrogen (secondary N) is 1. The smallest absolute Gasteiger partial charge is 0.261 e. The second-order valence-electron chi connectivity index (χ2n) is 8.85. The normalized spacial score (nSPS) is 17.3. The first-order chi connectivity index (χ1) is 16.5. The number of para-hydroxylation sites is 1. The van der Waals surface area contributed by atoms with Gasteiger partial charge in [0.2, 0.25) is 11.8 Å². The van der Waals surface area contributed by atoms with E-state index in [4.69, 9.17) is 4.74 Å². The van der Waals surface area contributed by atoms with Crippen molar-refractivity contribution >= 4 is 35.1 Å². The summed E-state index contributed by atoms with van der Waals surface area (Å²) in [6, 6.07) is 11.3. The molecule has 1 aromatic heterocycles. The zero-order valence-corrected chi connectivity index (χ0v) is 20.3. The number of carbonyl (C=O) groups excluding carboxylic acids is 3. The summed E-state index contributed by atoms with van der Waals surface area (Å²) in [4.78, 5) is 41.8. The van der Waals surface area contributed by atoms with Gasteiger partial charge in [0.05, 0.1) is 18.0 Å². The number of benzene rings is 1. The summed E-state index contributed by atoms with van der Waals surface area (Å²) in [6.45, 7) is 5.31. The molecule has 34 heavy (non-hydrogen) atoms. The summed E-state index contributed by atoms with van der Waals surface area (Å²) in [5, 5.41) is 4.57. The number of amides is 3. The largest absolute Gasteiger partial charge is 0.493 e. The Morgan fingerprint density at radius 3 is 2.50 bits per heavy atom. The fraction of sp³-hybridized carbons (Fsp3) is 0.423. The molecule has 4 rings (SSSR count). The third kappa shape index (κ3) is 5.67. The van der Waals surface area contributed by atoms with Crippen LogP contribution in [0.2, 0.25) is 0 Å². The van der Waals surface area contributed by atoms with E-state index in [1.807, 2.05) is 58.5 Å². The Kier molecular flexibility index (Phi) is 7.67.